The first-order chi connectivity index (χ1) is 13.5. The number of carbonyl (C=O) groups excluding carboxylic acids is 2. The lowest BCUT2D eigenvalue weighted by Gasteiger charge is -2.20. The zero-order chi connectivity index (χ0) is 20.3. The van der Waals surface area contributed by atoms with E-state index in [0.717, 1.165) is 33.5 Å². The molecule has 2 aromatic heterocycles. The van der Waals surface area contributed by atoms with Crippen LogP contribution in [0.25, 0.3) is 16.6 Å². The van der Waals surface area contributed by atoms with Crippen molar-refractivity contribution in [3.05, 3.63) is 41.2 Å². The number of aryl methyl sites for hydroxylation is 2. The summed E-state index contributed by atoms with van der Waals surface area (Å²) in [6, 6.07) is 7.94. The number of rotatable bonds is 7. The maximum absolute atomic E-state index is 12.6. The van der Waals surface area contributed by atoms with Crippen molar-refractivity contribution in [2.45, 2.75) is 40.5 Å². The minimum absolute atomic E-state index is 0.0294. The molecule has 7 heteroatoms. The van der Waals surface area contributed by atoms with Crippen LogP contribution in [0.4, 0.5) is 0 Å². The van der Waals surface area contributed by atoms with E-state index in [1.54, 1.807) is 4.90 Å². The van der Waals surface area contributed by atoms with Gasteiger partial charge in [-0.1, -0.05) is 12.1 Å². The van der Waals surface area contributed by atoms with Gasteiger partial charge in [-0.2, -0.15) is 5.10 Å². The van der Waals surface area contributed by atoms with Crippen LogP contribution < -0.4 is 5.32 Å². The standard InChI is InChI=1S/C21H27N5O2/c1-5-22-19(27)13-25(6-2)20(28)12-11-16-14(3)23-21-17-9-7-8-10-18(17)24-26(21)15(16)4/h7-10H,5-6,11-13H2,1-4H3,(H,22,27). The molecule has 0 saturated heterocycles. The second kappa shape index (κ2) is 8.37. The molecule has 0 radical (unpaired) electrons. The van der Waals surface area contributed by atoms with Crippen LogP contribution in [0.5, 0.6) is 0 Å². The Morgan fingerprint density at radius 2 is 1.93 bits per heavy atom. The van der Waals surface area contributed by atoms with Gasteiger partial charge in [-0.05, 0) is 51.8 Å². The zero-order valence-electron chi connectivity index (χ0n) is 17.0. The van der Waals surface area contributed by atoms with E-state index >= 15 is 0 Å². The molecule has 148 valence electrons. The summed E-state index contributed by atoms with van der Waals surface area (Å²) in [4.78, 5) is 30.8. The number of hydrogen-bond acceptors (Lipinski definition) is 4. The van der Waals surface area contributed by atoms with E-state index in [4.69, 9.17) is 4.98 Å². The average molecular weight is 381 g/mol. The Bertz CT molecular complexity index is 1020. The van der Waals surface area contributed by atoms with Crippen LogP contribution in [0, 0.1) is 13.8 Å². The Balaban J connectivity index is 1.81. The summed E-state index contributed by atoms with van der Waals surface area (Å²) in [7, 11) is 0. The molecule has 1 aromatic carbocycles. The highest BCUT2D eigenvalue weighted by atomic mass is 16.2. The molecular weight excluding hydrogens is 354 g/mol. The third-order valence-electron chi connectivity index (χ3n) is 5.05. The molecule has 2 heterocycles. The highest BCUT2D eigenvalue weighted by Gasteiger charge is 2.18. The molecule has 0 aliphatic carbocycles. The molecule has 0 spiro atoms. The summed E-state index contributed by atoms with van der Waals surface area (Å²) in [6.45, 7) is 8.91. The summed E-state index contributed by atoms with van der Waals surface area (Å²) in [6.07, 6.45) is 0.907. The molecule has 3 aromatic rings. The first-order valence-corrected chi connectivity index (χ1v) is 9.74. The Morgan fingerprint density at radius 3 is 2.64 bits per heavy atom. The van der Waals surface area contributed by atoms with Crippen LogP contribution in [0.2, 0.25) is 0 Å². The SMILES string of the molecule is CCNC(=O)CN(CC)C(=O)CCc1c(C)nc2c3ccccc3nn2c1C. The molecule has 3 rings (SSSR count). The van der Waals surface area contributed by atoms with Gasteiger partial charge in [-0.25, -0.2) is 9.50 Å². The topological polar surface area (TPSA) is 79.6 Å². The monoisotopic (exact) mass is 381 g/mol. The molecule has 0 saturated carbocycles. The van der Waals surface area contributed by atoms with Crippen molar-refractivity contribution >= 4 is 28.4 Å². The van der Waals surface area contributed by atoms with E-state index in [0.29, 0.717) is 25.9 Å². The maximum Gasteiger partial charge on any atom is 0.239 e. The number of hydrogen-bond donors (Lipinski definition) is 1. The van der Waals surface area contributed by atoms with Crippen molar-refractivity contribution in [2.75, 3.05) is 19.6 Å². The third kappa shape index (κ3) is 3.83. The summed E-state index contributed by atoms with van der Waals surface area (Å²) >= 11 is 0. The van der Waals surface area contributed by atoms with E-state index in [9.17, 15) is 9.59 Å². The molecule has 2 amide bonds. The van der Waals surface area contributed by atoms with E-state index < -0.39 is 0 Å². The lowest BCUT2D eigenvalue weighted by molar-refractivity contribution is -0.135. The summed E-state index contributed by atoms with van der Waals surface area (Å²) < 4.78 is 1.86. The molecule has 7 nitrogen and oxygen atoms in total. The second-order valence-corrected chi connectivity index (χ2v) is 6.88. The van der Waals surface area contributed by atoms with Crippen molar-refractivity contribution in [3.8, 4) is 0 Å². The van der Waals surface area contributed by atoms with Crippen LogP contribution in [0.1, 0.15) is 37.2 Å². The molecular formula is C21H27N5O2. The summed E-state index contributed by atoms with van der Waals surface area (Å²) in [5.41, 5.74) is 4.69. The number of benzene rings is 1. The van der Waals surface area contributed by atoms with E-state index in [1.165, 1.54) is 0 Å². The molecule has 1 N–H and O–H groups in total. The summed E-state index contributed by atoms with van der Waals surface area (Å²) in [5, 5.41) is 8.42. The second-order valence-electron chi connectivity index (χ2n) is 6.88. The van der Waals surface area contributed by atoms with Gasteiger partial charge >= 0.3 is 0 Å². The molecule has 28 heavy (non-hydrogen) atoms. The smallest absolute Gasteiger partial charge is 0.239 e. The largest absolute Gasteiger partial charge is 0.355 e. The van der Waals surface area contributed by atoms with E-state index in [1.807, 2.05) is 56.5 Å². The third-order valence-corrected chi connectivity index (χ3v) is 5.05. The first-order valence-electron chi connectivity index (χ1n) is 9.74. The van der Waals surface area contributed by atoms with Gasteiger partial charge in [0.15, 0.2) is 5.65 Å². The fourth-order valence-corrected chi connectivity index (χ4v) is 3.53. The van der Waals surface area contributed by atoms with Gasteiger partial charge in [0.05, 0.1) is 12.1 Å². The number of likely N-dealkylation sites (N-methyl/N-ethyl adjacent to an activating group) is 2. The van der Waals surface area contributed by atoms with Crippen LogP contribution in [0.3, 0.4) is 0 Å². The number of nitrogens with zero attached hydrogens (tertiary/aromatic N) is 4. The first kappa shape index (κ1) is 19.8. The van der Waals surface area contributed by atoms with Crippen molar-refractivity contribution < 1.29 is 9.59 Å². The number of amides is 2. The maximum atomic E-state index is 12.6. The molecule has 0 unspecified atom stereocenters. The molecule has 0 fully saturated rings. The van der Waals surface area contributed by atoms with Crippen LogP contribution >= 0.6 is 0 Å². The average Bonchev–Trinajstić information content (AvgIpc) is 3.05. The number of carbonyl (C=O) groups is 2. The van der Waals surface area contributed by atoms with Gasteiger partial charge in [0.1, 0.15) is 0 Å². The van der Waals surface area contributed by atoms with Crippen molar-refractivity contribution in [2.24, 2.45) is 0 Å². The molecule has 0 atom stereocenters. The van der Waals surface area contributed by atoms with Gasteiger partial charge < -0.3 is 10.2 Å². The van der Waals surface area contributed by atoms with Crippen molar-refractivity contribution in [1.82, 2.24) is 24.8 Å². The van der Waals surface area contributed by atoms with Gasteiger partial charge in [-0.15, -0.1) is 0 Å². The Kier molecular flexibility index (Phi) is 5.92. The fourth-order valence-electron chi connectivity index (χ4n) is 3.53. The van der Waals surface area contributed by atoms with Crippen LogP contribution in [-0.4, -0.2) is 50.9 Å². The van der Waals surface area contributed by atoms with E-state index in [2.05, 4.69) is 10.4 Å². The highest BCUT2D eigenvalue weighted by Crippen LogP contribution is 2.23. The van der Waals surface area contributed by atoms with Gasteiger partial charge in [-0.3, -0.25) is 9.59 Å². The molecule has 0 aliphatic rings. The number of nitrogens with one attached hydrogen (secondary N) is 1. The van der Waals surface area contributed by atoms with Gasteiger partial charge in [0.25, 0.3) is 0 Å². The fraction of sp³-hybridized carbons (Fsp3) is 0.429. The molecule has 0 bridgehead atoms. The predicted octanol–water partition coefficient (Wildman–Crippen LogP) is 2.42. The van der Waals surface area contributed by atoms with Gasteiger partial charge in [0, 0.05) is 36.3 Å². The normalized spacial score (nSPS) is 11.1. The highest BCUT2D eigenvalue weighted by molar-refractivity contribution is 5.92. The number of fused-ring (bicyclic) bond motifs is 3. The Hall–Kier alpha value is -2.96. The minimum Gasteiger partial charge on any atom is -0.355 e. The van der Waals surface area contributed by atoms with Crippen LogP contribution in [0.15, 0.2) is 24.3 Å². The van der Waals surface area contributed by atoms with E-state index in [-0.39, 0.29) is 18.4 Å². The van der Waals surface area contributed by atoms with Gasteiger partial charge in [0.2, 0.25) is 11.8 Å². The zero-order valence-corrected chi connectivity index (χ0v) is 17.0. The lowest BCUT2D eigenvalue weighted by Crippen LogP contribution is -2.40. The van der Waals surface area contributed by atoms with Crippen molar-refractivity contribution in [1.29, 1.82) is 0 Å². The quantitative estimate of drug-likeness (QED) is 0.682. The Labute approximate surface area is 164 Å². The lowest BCUT2D eigenvalue weighted by atomic mass is 10.1. The number of aromatic nitrogens is 3. The minimum atomic E-state index is -0.128. The molecule has 0 aliphatic heterocycles. The van der Waals surface area contributed by atoms with Crippen molar-refractivity contribution in [3.63, 3.8) is 0 Å². The Morgan fingerprint density at radius 1 is 1.18 bits per heavy atom. The van der Waals surface area contributed by atoms with Crippen LogP contribution in [-0.2, 0) is 16.0 Å². The predicted molar refractivity (Wildman–Crippen MR) is 109 cm³/mol. The summed E-state index contributed by atoms with van der Waals surface area (Å²) in [5.74, 6) is -0.158.